The number of rotatable bonds is 7. The predicted octanol–water partition coefficient (Wildman–Crippen LogP) is 6.23. The van der Waals surface area contributed by atoms with Crippen LogP contribution in [0.2, 0.25) is 0 Å². The lowest BCUT2D eigenvalue weighted by atomic mass is 9.79. The molecule has 0 saturated heterocycles. The standard InChI is InChI=1S/C28H29F4IN4O/c29-22-13-20(12-21(14-22)28(30,31)32)27(15-18-6-2-1-3-7-18,25-11-10-19(16-33)17-35-25)37-26(38)36-24-9-5-4-8-23(24)34/h1-3,6-7,10-14,17,23-24H,4-5,8-9,15-16,34H2,(H2,36,37,38)/t23-,24?,27-/m0/s1. The number of nitrogens with zero attached hydrogens (tertiary/aromatic N) is 1. The zero-order chi connectivity index (χ0) is 27.3. The summed E-state index contributed by atoms with van der Waals surface area (Å²) in [4.78, 5) is 18.0. The zero-order valence-electron chi connectivity index (χ0n) is 20.6. The summed E-state index contributed by atoms with van der Waals surface area (Å²) in [5, 5.41) is 5.83. The molecule has 2 amide bonds. The first-order chi connectivity index (χ1) is 18.1. The number of carbonyl (C=O) groups is 1. The van der Waals surface area contributed by atoms with Crippen LogP contribution in [0, 0.1) is 5.82 Å². The molecule has 38 heavy (non-hydrogen) atoms. The van der Waals surface area contributed by atoms with Gasteiger partial charge in [-0.05, 0) is 53.8 Å². The van der Waals surface area contributed by atoms with Crippen molar-refractivity contribution >= 4 is 28.6 Å². The van der Waals surface area contributed by atoms with E-state index in [1.807, 2.05) is 6.07 Å². The fourth-order valence-corrected chi connectivity index (χ4v) is 5.37. The van der Waals surface area contributed by atoms with Crippen LogP contribution in [0.1, 0.15) is 53.6 Å². The molecular formula is C28H29F4IN4O. The Kier molecular flexibility index (Phi) is 8.92. The van der Waals surface area contributed by atoms with Crippen LogP contribution < -0.4 is 16.4 Å². The van der Waals surface area contributed by atoms with E-state index in [9.17, 15) is 22.4 Å². The Morgan fingerprint density at radius 1 is 1.00 bits per heavy atom. The Bertz CT molecular complexity index is 1240. The van der Waals surface area contributed by atoms with Gasteiger partial charge in [0.15, 0.2) is 0 Å². The summed E-state index contributed by atoms with van der Waals surface area (Å²) in [6.45, 7) is 0. The van der Waals surface area contributed by atoms with E-state index in [4.69, 9.17) is 5.73 Å². The van der Waals surface area contributed by atoms with Gasteiger partial charge in [-0.15, -0.1) is 0 Å². The van der Waals surface area contributed by atoms with Gasteiger partial charge in [0.1, 0.15) is 11.4 Å². The molecule has 202 valence electrons. The van der Waals surface area contributed by atoms with Crippen molar-refractivity contribution in [2.24, 2.45) is 5.73 Å². The van der Waals surface area contributed by atoms with Crippen molar-refractivity contribution in [3.05, 3.63) is 101 Å². The number of halogens is 5. The van der Waals surface area contributed by atoms with Crippen molar-refractivity contribution in [3.63, 3.8) is 0 Å². The molecule has 1 saturated carbocycles. The number of benzene rings is 2. The third kappa shape index (κ3) is 6.63. The first kappa shape index (κ1) is 28.3. The van der Waals surface area contributed by atoms with Crippen molar-refractivity contribution in [1.82, 2.24) is 15.6 Å². The second-order valence-electron chi connectivity index (χ2n) is 9.63. The van der Waals surface area contributed by atoms with Crippen molar-refractivity contribution in [3.8, 4) is 0 Å². The van der Waals surface area contributed by atoms with Gasteiger partial charge in [-0.2, -0.15) is 13.2 Å². The first-order valence-corrected chi connectivity index (χ1v) is 13.9. The van der Waals surface area contributed by atoms with Crippen LogP contribution in [0.15, 0.2) is 66.9 Å². The topological polar surface area (TPSA) is 80.0 Å². The van der Waals surface area contributed by atoms with E-state index in [1.165, 1.54) is 0 Å². The van der Waals surface area contributed by atoms with Gasteiger partial charge in [-0.25, -0.2) is 9.18 Å². The number of nitrogens with one attached hydrogen (secondary N) is 2. The van der Waals surface area contributed by atoms with Crippen LogP contribution in [0.4, 0.5) is 22.4 Å². The van der Waals surface area contributed by atoms with E-state index in [0.29, 0.717) is 16.9 Å². The third-order valence-corrected chi connectivity index (χ3v) is 7.79. The number of hydrogen-bond acceptors (Lipinski definition) is 3. The van der Waals surface area contributed by atoms with Crippen LogP contribution in [-0.2, 0) is 22.6 Å². The van der Waals surface area contributed by atoms with Crippen molar-refractivity contribution in [1.29, 1.82) is 0 Å². The Hall–Kier alpha value is -2.73. The molecule has 4 N–H and O–H groups in total. The molecule has 10 heteroatoms. The number of urea groups is 1. The molecule has 0 bridgehead atoms. The Morgan fingerprint density at radius 2 is 1.71 bits per heavy atom. The largest absolute Gasteiger partial charge is 0.416 e. The fraction of sp³-hybridized carbons (Fsp3) is 0.357. The zero-order valence-corrected chi connectivity index (χ0v) is 22.7. The molecular weight excluding hydrogens is 611 g/mol. The van der Waals surface area contributed by atoms with E-state index in [0.717, 1.165) is 42.5 Å². The quantitative estimate of drug-likeness (QED) is 0.163. The molecule has 0 spiro atoms. The number of nitrogens with two attached hydrogens (primary N) is 1. The summed E-state index contributed by atoms with van der Waals surface area (Å²) in [5.41, 5.74) is 5.31. The highest BCUT2D eigenvalue weighted by molar-refractivity contribution is 14.1. The van der Waals surface area contributed by atoms with Gasteiger partial charge in [0, 0.05) is 29.1 Å². The SMILES string of the molecule is N[C@H]1CCCCC1NC(=O)N[C@@](Cc1ccccc1)(c1cc(F)cc(C(F)(F)F)c1)c1ccc(CI)cn1. The van der Waals surface area contributed by atoms with Crippen LogP contribution >= 0.6 is 22.6 Å². The molecule has 3 atom stereocenters. The summed E-state index contributed by atoms with van der Waals surface area (Å²) < 4.78 is 56.8. The first-order valence-electron chi connectivity index (χ1n) is 12.4. The molecule has 1 fully saturated rings. The average molecular weight is 640 g/mol. The number of pyridine rings is 1. The highest BCUT2D eigenvalue weighted by Gasteiger charge is 2.41. The maximum Gasteiger partial charge on any atom is 0.416 e. The number of carbonyl (C=O) groups excluding carboxylic acids is 1. The molecule has 0 radical (unpaired) electrons. The summed E-state index contributed by atoms with van der Waals surface area (Å²) in [5.74, 6) is -1.06. The lowest BCUT2D eigenvalue weighted by Crippen LogP contribution is -2.57. The minimum absolute atomic E-state index is 0.0370. The van der Waals surface area contributed by atoms with Gasteiger partial charge in [-0.1, -0.05) is 71.8 Å². The number of amides is 2. The summed E-state index contributed by atoms with van der Waals surface area (Å²) >= 11 is 2.18. The molecule has 0 aliphatic heterocycles. The molecule has 1 aliphatic rings. The lowest BCUT2D eigenvalue weighted by Gasteiger charge is -2.37. The molecule has 1 aromatic heterocycles. The summed E-state index contributed by atoms with van der Waals surface area (Å²) in [7, 11) is 0. The monoisotopic (exact) mass is 640 g/mol. The number of alkyl halides is 4. The van der Waals surface area contributed by atoms with Crippen molar-refractivity contribution < 1.29 is 22.4 Å². The van der Waals surface area contributed by atoms with E-state index in [1.54, 1.807) is 42.6 Å². The molecule has 1 aliphatic carbocycles. The minimum Gasteiger partial charge on any atom is -0.334 e. The van der Waals surface area contributed by atoms with Gasteiger partial charge in [0.25, 0.3) is 0 Å². The Morgan fingerprint density at radius 3 is 2.34 bits per heavy atom. The maximum absolute atomic E-state index is 14.8. The normalized spacial score (nSPS) is 19.4. The van der Waals surface area contributed by atoms with Gasteiger partial charge in [-0.3, -0.25) is 4.98 Å². The maximum atomic E-state index is 14.8. The Balaban J connectivity index is 1.87. The lowest BCUT2D eigenvalue weighted by molar-refractivity contribution is -0.137. The van der Waals surface area contributed by atoms with Gasteiger partial charge >= 0.3 is 12.2 Å². The minimum atomic E-state index is -4.79. The molecule has 3 aromatic rings. The van der Waals surface area contributed by atoms with E-state index in [2.05, 4.69) is 38.2 Å². The van der Waals surface area contributed by atoms with Crippen LogP contribution in [0.5, 0.6) is 0 Å². The van der Waals surface area contributed by atoms with Gasteiger partial charge < -0.3 is 16.4 Å². The van der Waals surface area contributed by atoms with E-state index in [-0.39, 0.29) is 29.8 Å². The Labute approximate surface area is 232 Å². The predicted molar refractivity (Wildman–Crippen MR) is 146 cm³/mol. The van der Waals surface area contributed by atoms with Crippen LogP contribution in [0.25, 0.3) is 0 Å². The molecule has 5 nitrogen and oxygen atoms in total. The third-order valence-electron chi connectivity index (χ3n) is 6.91. The van der Waals surface area contributed by atoms with Gasteiger partial charge in [0.2, 0.25) is 0 Å². The second kappa shape index (κ2) is 12.0. The molecule has 4 rings (SSSR count). The number of hydrogen-bond donors (Lipinski definition) is 3. The molecule has 1 unspecified atom stereocenters. The van der Waals surface area contributed by atoms with Gasteiger partial charge in [0.05, 0.1) is 11.3 Å². The summed E-state index contributed by atoms with van der Waals surface area (Å²) in [6.07, 6.45) is 0.198. The van der Waals surface area contributed by atoms with E-state index < -0.39 is 29.1 Å². The second-order valence-corrected chi connectivity index (χ2v) is 10.4. The highest BCUT2D eigenvalue weighted by atomic mass is 127. The molecule has 1 heterocycles. The van der Waals surface area contributed by atoms with E-state index >= 15 is 0 Å². The number of aromatic nitrogens is 1. The summed E-state index contributed by atoms with van der Waals surface area (Å²) in [6, 6.07) is 13.7. The highest BCUT2D eigenvalue weighted by Crippen LogP contribution is 2.38. The smallest absolute Gasteiger partial charge is 0.334 e. The van der Waals surface area contributed by atoms with Crippen molar-refractivity contribution in [2.45, 2.75) is 60.3 Å². The van der Waals surface area contributed by atoms with Crippen LogP contribution in [0.3, 0.4) is 0 Å². The van der Waals surface area contributed by atoms with Crippen molar-refractivity contribution in [2.75, 3.05) is 0 Å². The fourth-order valence-electron chi connectivity index (χ4n) is 4.92. The van der Waals surface area contributed by atoms with Crippen LogP contribution in [-0.4, -0.2) is 23.1 Å². The molecule has 2 aromatic carbocycles. The average Bonchev–Trinajstić information content (AvgIpc) is 2.89.